The topological polar surface area (TPSA) is 23.5 Å². The van der Waals surface area contributed by atoms with Gasteiger partial charge in [0.25, 0.3) is 0 Å². The predicted molar refractivity (Wildman–Crippen MR) is 49.0 cm³/mol. The number of aliphatic hydroxyl groups excluding tert-OH is 1. The highest BCUT2D eigenvalue weighted by Crippen LogP contribution is 2.04. The molecule has 0 fully saturated rings. The number of likely N-dealkylation sites (N-methyl/N-ethyl adjacent to an activating group) is 1. The Morgan fingerprint density at radius 3 is 2.64 bits per heavy atom. The first kappa shape index (κ1) is 11.2. The van der Waals surface area contributed by atoms with Crippen molar-refractivity contribution in [3.05, 3.63) is 10.6 Å². The fraction of sp³-hybridized carbons (Fsp3) is 0.714. The molecule has 1 N–H and O–H groups in total. The van der Waals surface area contributed by atoms with Crippen LogP contribution in [0.5, 0.6) is 0 Å². The summed E-state index contributed by atoms with van der Waals surface area (Å²) in [7, 11) is 1.87. The van der Waals surface area contributed by atoms with E-state index in [4.69, 9.17) is 28.3 Å². The molecule has 0 aliphatic heterocycles. The Bertz CT molecular complexity index is 136. The van der Waals surface area contributed by atoms with E-state index in [9.17, 15) is 0 Å². The highest BCUT2D eigenvalue weighted by atomic mass is 35.5. The zero-order valence-electron chi connectivity index (χ0n) is 6.72. The van der Waals surface area contributed by atoms with Crippen molar-refractivity contribution in [1.82, 2.24) is 4.90 Å². The van der Waals surface area contributed by atoms with Crippen LogP contribution in [0.2, 0.25) is 0 Å². The molecule has 66 valence electrons. The second-order valence-electron chi connectivity index (χ2n) is 2.60. The number of hydrogen-bond donors (Lipinski definition) is 1. The lowest BCUT2D eigenvalue weighted by molar-refractivity contribution is 0.147. The van der Waals surface area contributed by atoms with Crippen molar-refractivity contribution in [1.29, 1.82) is 0 Å². The summed E-state index contributed by atoms with van der Waals surface area (Å²) < 4.78 is 0. The summed E-state index contributed by atoms with van der Waals surface area (Å²) in [6, 6.07) is 0. The summed E-state index contributed by atoms with van der Waals surface area (Å²) in [5, 5.41) is 9.55. The quantitative estimate of drug-likeness (QED) is 0.741. The van der Waals surface area contributed by atoms with Crippen molar-refractivity contribution < 1.29 is 5.11 Å². The van der Waals surface area contributed by atoms with Gasteiger partial charge in [0.15, 0.2) is 0 Å². The van der Waals surface area contributed by atoms with E-state index in [0.29, 0.717) is 18.1 Å². The SMILES string of the molecule is CC(O)CN(C)CC(Cl)=CCl. The minimum Gasteiger partial charge on any atom is -0.392 e. The third-order valence-electron chi connectivity index (χ3n) is 1.12. The molecular formula is C7H13Cl2NO. The Hall–Kier alpha value is 0.240. The van der Waals surface area contributed by atoms with Crippen LogP contribution < -0.4 is 0 Å². The Morgan fingerprint density at radius 2 is 2.27 bits per heavy atom. The second-order valence-corrected chi connectivity index (χ2v) is 3.31. The summed E-state index contributed by atoms with van der Waals surface area (Å²) >= 11 is 11.0. The third kappa shape index (κ3) is 6.63. The molecule has 0 aromatic rings. The van der Waals surface area contributed by atoms with Crippen LogP contribution >= 0.6 is 23.2 Å². The Morgan fingerprint density at radius 1 is 1.73 bits per heavy atom. The number of halogens is 2. The van der Waals surface area contributed by atoms with E-state index < -0.39 is 0 Å². The highest BCUT2D eigenvalue weighted by molar-refractivity contribution is 6.36. The minimum absolute atomic E-state index is 0.334. The standard InChI is InChI=1S/C7H13Cl2NO/c1-6(11)4-10(2)5-7(9)3-8/h3,6,11H,4-5H2,1-2H3. The van der Waals surface area contributed by atoms with Gasteiger partial charge < -0.3 is 5.11 Å². The fourth-order valence-electron chi connectivity index (χ4n) is 0.808. The molecule has 0 heterocycles. The molecule has 4 heteroatoms. The molecule has 0 amide bonds. The Kier molecular flexibility index (Phi) is 5.96. The minimum atomic E-state index is -0.334. The van der Waals surface area contributed by atoms with Crippen LogP contribution in [0.3, 0.4) is 0 Å². The number of hydrogen-bond acceptors (Lipinski definition) is 2. The van der Waals surface area contributed by atoms with E-state index in [-0.39, 0.29) is 6.10 Å². The molecule has 0 spiro atoms. The van der Waals surface area contributed by atoms with Gasteiger partial charge in [0.1, 0.15) is 0 Å². The van der Waals surface area contributed by atoms with Crippen molar-refractivity contribution in [2.24, 2.45) is 0 Å². The largest absolute Gasteiger partial charge is 0.392 e. The molecule has 0 radical (unpaired) electrons. The van der Waals surface area contributed by atoms with Gasteiger partial charge in [0.2, 0.25) is 0 Å². The lowest BCUT2D eigenvalue weighted by Crippen LogP contribution is -2.28. The lowest BCUT2D eigenvalue weighted by Gasteiger charge is -2.16. The first-order valence-electron chi connectivity index (χ1n) is 3.37. The normalized spacial score (nSPS) is 15.6. The molecule has 0 aromatic heterocycles. The van der Waals surface area contributed by atoms with Crippen LogP contribution in [-0.4, -0.2) is 36.2 Å². The van der Waals surface area contributed by atoms with Crippen molar-refractivity contribution in [2.45, 2.75) is 13.0 Å². The van der Waals surface area contributed by atoms with Gasteiger partial charge in [-0.2, -0.15) is 0 Å². The van der Waals surface area contributed by atoms with E-state index in [0.717, 1.165) is 0 Å². The van der Waals surface area contributed by atoms with Crippen LogP contribution in [0, 0.1) is 0 Å². The van der Waals surface area contributed by atoms with Crippen LogP contribution in [-0.2, 0) is 0 Å². The number of nitrogens with zero attached hydrogens (tertiary/aromatic N) is 1. The molecule has 1 unspecified atom stereocenters. The summed E-state index contributed by atoms with van der Waals surface area (Å²) in [6.45, 7) is 2.91. The maximum atomic E-state index is 8.97. The van der Waals surface area contributed by atoms with Crippen LogP contribution in [0.15, 0.2) is 10.6 Å². The van der Waals surface area contributed by atoms with Crippen LogP contribution in [0.4, 0.5) is 0 Å². The predicted octanol–water partition coefficient (Wildman–Crippen LogP) is 1.62. The maximum Gasteiger partial charge on any atom is 0.0639 e. The zero-order valence-corrected chi connectivity index (χ0v) is 8.23. The van der Waals surface area contributed by atoms with Gasteiger partial charge in [0.05, 0.1) is 6.10 Å². The first-order valence-corrected chi connectivity index (χ1v) is 4.19. The van der Waals surface area contributed by atoms with E-state index >= 15 is 0 Å². The average Bonchev–Trinajstić information content (AvgIpc) is 1.85. The number of rotatable bonds is 4. The Balaban J connectivity index is 3.60. The average molecular weight is 198 g/mol. The van der Waals surface area contributed by atoms with Gasteiger partial charge in [-0.25, -0.2) is 0 Å². The van der Waals surface area contributed by atoms with Gasteiger partial charge in [0, 0.05) is 23.7 Å². The maximum absolute atomic E-state index is 8.97. The number of aliphatic hydroxyl groups is 1. The molecule has 0 saturated heterocycles. The van der Waals surface area contributed by atoms with Gasteiger partial charge >= 0.3 is 0 Å². The summed E-state index contributed by atoms with van der Waals surface area (Å²) in [5.41, 5.74) is 1.33. The van der Waals surface area contributed by atoms with Gasteiger partial charge in [-0.05, 0) is 14.0 Å². The van der Waals surface area contributed by atoms with Gasteiger partial charge in [-0.15, -0.1) is 0 Å². The van der Waals surface area contributed by atoms with Gasteiger partial charge in [-0.3, -0.25) is 4.90 Å². The highest BCUT2D eigenvalue weighted by Gasteiger charge is 2.03. The van der Waals surface area contributed by atoms with Crippen molar-refractivity contribution in [3.8, 4) is 0 Å². The molecule has 11 heavy (non-hydrogen) atoms. The molecule has 0 rings (SSSR count). The Labute approximate surface area is 77.4 Å². The molecule has 0 saturated carbocycles. The molecule has 0 aliphatic carbocycles. The molecule has 0 bridgehead atoms. The smallest absolute Gasteiger partial charge is 0.0639 e. The first-order chi connectivity index (χ1) is 5.06. The fourth-order valence-corrected chi connectivity index (χ4v) is 1.08. The zero-order chi connectivity index (χ0) is 8.85. The van der Waals surface area contributed by atoms with Crippen LogP contribution in [0.1, 0.15) is 6.92 Å². The lowest BCUT2D eigenvalue weighted by atomic mass is 10.4. The van der Waals surface area contributed by atoms with E-state index in [1.165, 1.54) is 5.54 Å². The van der Waals surface area contributed by atoms with Crippen LogP contribution in [0.25, 0.3) is 0 Å². The van der Waals surface area contributed by atoms with E-state index in [1.807, 2.05) is 11.9 Å². The summed E-state index contributed by atoms with van der Waals surface area (Å²) in [4.78, 5) is 1.89. The summed E-state index contributed by atoms with van der Waals surface area (Å²) in [5.74, 6) is 0. The molecule has 0 aromatic carbocycles. The van der Waals surface area contributed by atoms with Gasteiger partial charge in [-0.1, -0.05) is 23.2 Å². The molecule has 2 nitrogen and oxygen atoms in total. The molecular weight excluding hydrogens is 185 g/mol. The van der Waals surface area contributed by atoms with Crippen molar-refractivity contribution in [2.75, 3.05) is 20.1 Å². The van der Waals surface area contributed by atoms with E-state index in [2.05, 4.69) is 0 Å². The van der Waals surface area contributed by atoms with Crippen molar-refractivity contribution in [3.63, 3.8) is 0 Å². The second kappa shape index (κ2) is 5.84. The van der Waals surface area contributed by atoms with E-state index in [1.54, 1.807) is 6.92 Å². The monoisotopic (exact) mass is 197 g/mol. The molecule has 0 aliphatic rings. The summed E-state index contributed by atoms with van der Waals surface area (Å²) in [6.07, 6.45) is -0.334. The third-order valence-corrected chi connectivity index (χ3v) is 1.72. The molecule has 1 atom stereocenters. The van der Waals surface area contributed by atoms with Crippen molar-refractivity contribution >= 4 is 23.2 Å².